The van der Waals surface area contributed by atoms with Gasteiger partial charge in [-0.05, 0) is 44.4 Å². The van der Waals surface area contributed by atoms with Gasteiger partial charge in [0.15, 0.2) is 0 Å². The zero-order valence-corrected chi connectivity index (χ0v) is 16.2. The lowest BCUT2D eigenvalue weighted by Gasteiger charge is -2.28. The molecule has 1 atom stereocenters. The monoisotopic (exact) mass is 379 g/mol. The second kappa shape index (κ2) is 8.69. The molecule has 3 rings (SSSR count). The Hall–Kier alpha value is -3.15. The third-order valence-corrected chi connectivity index (χ3v) is 4.78. The van der Waals surface area contributed by atoms with Crippen molar-refractivity contribution in [2.24, 2.45) is 0 Å². The van der Waals surface area contributed by atoms with Crippen molar-refractivity contribution >= 4 is 23.5 Å². The minimum atomic E-state index is -0.593. The van der Waals surface area contributed by atoms with Gasteiger partial charge in [-0.15, -0.1) is 0 Å². The van der Waals surface area contributed by atoms with Gasteiger partial charge in [0.05, 0.1) is 0 Å². The summed E-state index contributed by atoms with van der Waals surface area (Å²) in [6.45, 7) is 3.54. The van der Waals surface area contributed by atoms with Crippen molar-refractivity contribution in [1.82, 2.24) is 10.2 Å². The average molecular weight is 379 g/mol. The number of hydrogen-bond donors (Lipinski definition) is 1. The number of benzene rings is 2. The Morgan fingerprint density at radius 2 is 1.64 bits per heavy atom. The van der Waals surface area contributed by atoms with Crippen LogP contribution in [0, 0.1) is 0 Å². The molecule has 1 N–H and O–H groups in total. The fraction of sp³-hybridized carbons (Fsp3) is 0.318. The van der Waals surface area contributed by atoms with Crippen LogP contribution in [-0.4, -0.2) is 41.4 Å². The molecule has 0 bridgehead atoms. The summed E-state index contributed by atoms with van der Waals surface area (Å²) >= 11 is 0. The molecule has 2 aromatic rings. The molecule has 6 heteroatoms. The standard InChI is InChI=1S/C22H25N3O3/c1-16(2)25(18-11-7-4-8-12-18)20(26)15-24-21(27)19(23-22(24)28)14-13-17-9-5-3-6-10-17/h3-12,16,19H,13-15H2,1-2H3,(H,23,28)/t19-/m0/s1. The van der Waals surface area contributed by atoms with Crippen LogP contribution in [0.5, 0.6) is 0 Å². The maximum Gasteiger partial charge on any atom is 0.325 e. The van der Waals surface area contributed by atoms with Gasteiger partial charge in [-0.2, -0.15) is 0 Å². The molecule has 2 aromatic carbocycles. The Balaban J connectivity index is 1.65. The fourth-order valence-electron chi connectivity index (χ4n) is 3.41. The van der Waals surface area contributed by atoms with Crippen molar-refractivity contribution in [3.8, 4) is 0 Å². The van der Waals surface area contributed by atoms with Crippen LogP contribution in [0.15, 0.2) is 60.7 Å². The number of anilines is 1. The third kappa shape index (κ3) is 4.39. The molecule has 0 aliphatic carbocycles. The first kappa shape index (κ1) is 19.6. The highest BCUT2D eigenvalue weighted by Gasteiger charge is 2.39. The first-order valence-electron chi connectivity index (χ1n) is 9.50. The Labute approximate surface area is 165 Å². The normalized spacial score (nSPS) is 16.4. The summed E-state index contributed by atoms with van der Waals surface area (Å²) in [6.07, 6.45) is 1.19. The van der Waals surface area contributed by atoms with E-state index in [1.165, 1.54) is 0 Å². The lowest BCUT2D eigenvalue weighted by molar-refractivity contribution is -0.131. The van der Waals surface area contributed by atoms with Crippen LogP contribution in [-0.2, 0) is 16.0 Å². The summed E-state index contributed by atoms with van der Waals surface area (Å²) in [4.78, 5) is 40.5. The van der Waals surface area contributed by atoms with Crippen molar-refractivity contribution in [3.05, 3.63) is 66.2 Å². The van der Waals surface area contributed by atoms with Crippen LogP contribution in [0.2, 0.25) is 0 Å². The summed E-state index contributed by atoms with van der Waals surface area (Å²) in [5.41, 5.74) is 1.85. The quantitative estimate of drug-likeness (QED) is 0.752. The lowest BCUT2D eigenvalue weighted by Crippen LogP contribution is -2.46. The number of imide groups is 1. The number of rotatable bonds is 7. The minimum Gasteiger partial charge on any atom is -0.326 e. The molecule has 1 aliphatic heterocycles. The molecular weight excluding hydrogens is 354 g/mol. The summed E-state index contributed by atoms with van der Waals surface area (Å²) in [5, 5.41) is 2.70. The molecule has 146 valence electrons. The number of nitrogens with one attached hydrogen (secondary N) is 1. The fourth-order valence-corrected chi connectivity index (χ4v) is 3.41. The minimum absolute atomic E-state index is 0.0930. The van der Waals surface area contributed by atoms with E-state index in [9.17, 15) is 14.4 Å². The highest BCUT2D eigenvalue weighted by Crippen LogP contribution is 2.19. The largest absolute Gasteiger partial charge is 0.326 e. The molecule has 0 radical (unpaired) electrons. The zero-order chi connectivity index (χ0) is 20.1. The molecule has 0 saturated carbocycles. The van der Waals surface area contributed by atoms with Crippen LogP contribution >= 0.6 is 0 Å². The molecule has 28 heavy (non-hydrogen) atoms. The van der Waals surface area contributed by atoms with Gasteiger partial charge in [0.25, 0.3) is 5.91 Å². The Morgan fingerprint density at radius 1 is 1.04 bits per heavy atom. The van der Waals surface area contributed by atoms with Crippen molar-refractivity contribution in [3.63, 3.8) is 0 Å². The van der Waals surface area contributed by atoms with Crippen LogP contribution < -0.4 is 10.2 Å². The maximum atomic E-state index is 12.9. The first-order chi connectivity index (χ1) is 13.5. The van der Waals surface area contributed by atoms with Crippen LogP contribution in [0.1, 0.15) is 25.8 Å². The predicted molar refractivity (Wildman–Crippen MR) is 108 cm³/mol. The van der Waals surface area contributed by atoms with E-state index in [4.69, 9.17) is 0 Å². The molecule has 1 aliphatic rings. The zero-order valence-electron chi connectivity index (χ0n) is 16.2. The van der Waals surface area contributed by atoms with Crippen LogP contribution in [0.3, 0.4) is 0 Å². The molecule has 1 heterocycles. The molecule has 0 unspecified atom stereocenters. The van der Waals surface area contributed by atoms with Gasteiger partial charge >= 0.3 is 6.03 Å². The summed E-state index contributed by atoms with van der Waals surface area (Å²) in [7, 11) is 0. The van der Waals surface area contributed by atoms with Crippen LogP contribution in [0.25, 0.3) is 0 Å². The van der Waals surface area contributed by atoms with Gasteiger partial charge in [0.2, 0.25) is 5.91 Å². The van der Waals surface area contributed by atoms with Crippen molar-refractivity contribution < 1.29 is 14.4 Å². The highest BCUT2D eigenvalue weighted by atomic mass is 16.2. The molecule has 0 aromatic heterocycles. The van der Waals surface area contributed by atoms with Crippen molar-refractivity contribution in [1.29, 1.82) is 0 Å². The molecule has 1 fully saturated rings. The van der Waals surface area contributed by atoms with E-state index in [-0.39, 0.29) is 24.4 Å². The summed E-state index contributed by atoms with van der Waals surface area (Å²) < 4.78 is 0. The Morgan fingerprint density at radius 3 is 2.25 bits per heavy atom. The van der Waals surface area contributed by atoms with Gasteiger partial charge in [-0.25, -0.2) is 4.79 Å². The third-order valence-electron chi connectivity index (χ3n) is 4.78. The topological polar surface area (TPSA) is 69.7 Å². The van der Waals surface area contributed by atoms with Gasteiger partial charge in [-0.3, -0.25) is 14.5 Å². The van der Waals surface area contributed by atoms with E-state index in [0.29, 0.717) is 12.8 Å². The Kier molecular flexibility index (Phi) is 6.09. The number of nitrogens with zero attached hydrogens (tertiary/aromatic N) is 2. The van der Waals surface area contributed by atoms with E-state index >= 15 is 0 Å². The second-order valence-corrected chi connectivity index (χ2v) is 7.14. The van der Waals surface area contributed by atoms with Gasteiger partial charge in [-0.1, -0.05) is 48.5 Å². The SMILES string of the molecule is CC(C)N(C(=O)CN1C(=O)N[C@@H](CCc2ccccc2)C1=O)c1ccccc1. The number of carbonyl (C=O) groups excluding carboxylic acids is 3. The highest BCUT2D eigenvalue weighted by molar-refractivity contribution is 6.08. The number of para-hydroxylation sites is 1. The van der Waals surface area contributed by atoms with Crippen molar-refractivity contribution in [2.75, 3.05) is 11.4 Å². The maximum absolute atomic E-state index is 12.9. The van der Waals surface area contributed by atoms with Crippen LogP contribution in [0.4, 0.5) is 10.5 Å². The molecule has 0 spiro atoms. The first-order valence-corrected chi connectivity index (χ1v) is 9.50. The molecule has 4 amide bonds. The van der Waals surface area contributed by atoms with Gasteiger partial charge < -0.3 is 10.2 Å². The smallest absolute Gasteiger partial charge is 0.325 e. The average Bonchev–Trinajstić information content (AvgIpc) is 2.95. The van der Waals surface area contributed by atoms with E-state index in [1.807, 2.05) is 74.5 Å². The Bertz CT molecular complexity index is 837. The number of amides is 4. The second-order valence-electron chi connectivity index (χ2n) is 7.14. The van der Waals surface area contributed by atoms with E-state index in [1.54, 1.807) is 4.90 Å². The number of aryl methyl sites for hydroxylation is 1. The van der Waals surface area contributed by atoms with Gasteiger partial charge in [0, 0.05) is 11.7 Å². The molecule has 1 saturated heterocycles. The summed E-state index contributed by atoms with van der Waals surface area (Å²) in [6, 6.07) is 17.9. The van der Waals surface area contributed by atoms with E-state index < -0.39 is 12.1 Å². The predicted octanol–water partition coefficient (Wildman–Crippen LogP) is 2.98. The van der Waals surface area contributed by atoms with Crippen molar-refractivity contribution in [2.45, 2.75) is 38.8 Å². The number of carbonyl (C=O) groups is 3. The molecular formula is C22H25N3O3. The van der Waals surface area contributed by atoms with E-state index in [0.717, 1.165) is 16.2 Å². The van der Waals surface area contributed by atoms with Gasteiger partial charge in [0.1, 0.15) is 12.6 Å². The summed E-state index contributed by atoms with van der Waals surface area (Å²) in [5.74, 6) is -0.626. The number of urea groups is 1. The molecule has 6 nitrogen and oxygen atoms in total. The van der Waals surface area contributed by atoms with E-state index in [2.05, 4.69) is 5.32 Å². The lowest BCUT2D eigenvalue weighted by atomic mass is 10.1. The number of hydrogen-bond acceptors (Lipinski definition) is 3.